The molecular formula is C20H29FN4O2. The van der Waals surface area contributed by atoms with Crippen LogP contribution in [0.25, 0.3) is 0 Å². The van der Waals surface area contributed by atoms with Crippen molar-refractivity contribution in [2.24, 2.45) is 0 Å². The van der Waals surface area contributed by atoms with Gasteiger partial charge in [0.05, 0.1) is 18.3 Å². The van der Waals surface area contributed by atoms with E-state index in [0.717, 1.165) is 51.6 Å². The first-order chi connectivity index (χ1) is 13.1. The minimum atomic E-state index is -0.383. The molecule has 0 saturated carbocycles. The maximum atomic E-state index is 13.8. The molecule has 1 aromatic rings. The van der Waals surface area contributed by atoms with Gasteiger partial charge in [0.25, 0.3) is 5.91 Å². The molecule has 3 aliphatic rings. The normalized spacial score (nSPS) is 26.8. The summed E-state index contributed by atoms with van der Waals surface area (Å²) in [6, 6.07) is 5.05. The second-order valence-electron chi connectivity index (χ2n) is 7.91. The number of nitrogens with zero attached hydrogens (tertiary/aromatic N) is 3. The van der Waals surface area contributed by atoms with Gasteiger partial charge in [-0.1, -0.05) is 0 Å². The highest BCUT2D eigenvalue weighted by Crippen LogP contribution is 2.24. The number of carbonyl (C=O) groups is 1. The number of anilines is 1. The Labute approximate surface area is 160 Å². The molecule has 6 nitrogen and oxygen atoms in total. The minimum Gasteiger partial charge on any atom is -0.373 e. The van der Waals surface area contributed by atoms with Crippen LogP contribution in [0.3, 0.4) is 0 Å². The van der Waals surface area contributed by atoms with Crippen molar-refractivity contribution in [3.05, 3.63) is 29.6 Å². The number of halogens is 1. The number of hydrogen-bond donors (Lipinski definition) is 1. The highest BCUT2D eigenvalue weighted by Gasteiger charge is 2.32. The third-order valence-electron chi connectivity index (χ3n) is 6.00. The number of hydrogen-bond acceptors (Lipinski definition) is 5. The van der Waals surface area contributed by atoms with Gasteiger partial charge in [0.15, 0.2) is 0 Å². The Morgan fingerprint density at radius 3 is 2.89 bits per heavy atom. The van der Waals surface area contributed by atoms with Crippen molar-refractivity contribution < 1.29 is 13.9 Å². The van der Waals surface area contributed by atoms with Crippen molar-refractivity contribution in [2.75, 3.05) is 64.4 Å². The van der Waals surface area contributed by atoms with E-state index >= 15 is 0 Å². The molecule has 1 N–H and O–H groups in total. The van der Waals surface area contributed by atoms with E-state index in [4.69, 9.17) is 4.74 Å². The number of amides is 1. The van der Waals surface area contributed by atoms with Crippen molar-refractivity contribution >= 4 is 11.6 Å². The Hall–Kier alpha value is -1.70. The molecule has 0 aliphatic carbocycles. The fourth-order valence-corrected chi connectivity index (χ4v) is 4.32. The Balaban J connectivity index is 1.40. The summed E-state index contributed by atoms with van der Waals surface area (Å²) in [7, 11) is 2.09. The summed E-state index contributed by atoms with van der Waals surface area (Å²) in [4.78, 5) is 19.7. The molecule has 1 aromatic carbocycles. The number of morpholine rings is 1. The van der Waals surface area contributed by atoms with E-state index in [-0.39, 0.29) is 17.8 Å². The molecule has 0 bridgehead atoms. The second-order valence-corrected chi connectivity index (χ2v) is 7.91. The lowest BCUT2D eigenvalue weighted by molar-refractivity contribution is -0.0461. The lowest BCUT2D eigenvalue weighted by Crippen LogP contribution is -2.50. The largest absolute Gasteiger partial charge is 0.373 e. The molecule has 3 fully saturated rings. The van der Waals surface area contributed by atoms with Gasteiger partial charge in [-0.15, -0.1) is 0 Å². The maximum Gasteiger partial charge on any atom is 0.253 e. The van der Waals surface area contributed by atoms with Gasteiger partial charge in [0.1, 0.15) is 5.82 Å². The molecule has 3 saturated heterocycles. The van der Waals surface area contributed by atoms with Crippen molar-refractivity contribution in [1.82, 2.24) is 15.1 Å². The van der Waals surface area contributed by atoms with Crippen molar-refractivity contribution in [2.45, 2.75) is 25.0 Å². The van der Waals surface area contributed by atoms with Gasteiger partial charge < -0.3 is 19.9 Å². The van der Waals surface area contributed by atoms with Gasteiger partial charge >= 0.3 is 0 Å². The first-order valence-corrected chi connectivity index (χ1v) is 9.97. The molecule has 0 radical (unpaired) electrons. The summed E-state index contributed by atoms with van der Waals surface area (Å²) in [6.07, 6.45) is 2.44. The van der Waals surface area contributed by atoms with Crippen LogP contribution in [0.4, 0.5) is 10.1 Å². The summed E-state index contributed by atoms with van der Waals surface area (Å²) in [6.45, 7) is 6.73. The van der Waals surface area contributed by atoms with E-state index in [2.05, 4.69) is 27.1 Å². The Morgan fingerprint density at radius 1 is 1.26 bits per heavy atom. The van der Waals surface area contributed by atoms with E-state index < -0.39 is 0 Å². The van der Waals surface area contributed by atoms with Gasteiger partial charge in [-0.2, -0.15) is 0 Å². The smallest absolute Gasteiger partial charge is 0.253 e. The van der Waals surface area contributed by atoms with Crippen LogP contribution in [0.5, 0.6) is 0 Å². The van der Waals surface area contributed by atoms with Crippen molar-refractivity contribution in [1.29, 1.82) is 0 Å². The Kier molecular flexibility index (Phi) is 5.61. The number of ether oxygens (including phenoxy) is 1. The van der Waals surface area contributed by atoms with E-state index in [1.54, 1.807) is 6.07 Å². The highest BCUT2D eigenvalue weighted by molar-refractivity contribution is 5.99. The summed E-state index contributed by atoms with van der Waals surface area (Å²) in [5.74, 6) is -0.609. The number of likely N-dealkylation sites (N-methyl/N-ethyl adjacent to an activating group) is 1. The molecule has 1 amide bonds. The number of rotatable bonds is 4. The number of benzene rings is 1. The molecule has 3 heterocycles. The van der Waals surface area contributed by atoms with Crippen LogP contribution in [0.1, 0.15) is 23.2 Å². The average molecular weight is 376 g/mol. The molecule has 2 atom stereocenters. The maximum absolute atomic E-state index is 13.8. The number of nitrogens with one attached hydrogen (secondary N) is 1. The zero-order valence-electron chi connectivity index (χ0n) is 16.0. The van der Waals surface area contributed by atoms with E-state index in [1.807, 2.05) is 0 Å². The van der Waals surface area contributed by atoms with Gasteiger partial charge in [0.2, 0.25) is 0 Å². The van der Waals surface area contributed by atoms with Crippen LogP contribution in [-0.4, -0.2) is 87.3 Å². The van der Waals surface area contributed by atoms with Gasteiger partial charge in [0, 0.05) is 51.0 Å². The standard InChI is InChI=1S/C20H29FN4O2/c1-23-7-9-24(10-8-23)19-5-4-15(21)11-18(19)20(26)22-12-17-13-25-6-2-3-16(25)14-27-17/h4-5,11,16-17H,2-3,6-10,12-14H2,1H3,(H,22,26). The lowest BCUT2D eigenvalue weighted by Gasteiger charge is -2.36. The summed E-state index contributed by atoms with van der Waals surface area (Å²) >= 11 is 0. The van der Waals surface area contributed by atoms with Crippen LogP contribution < -0.4 is 10.2 Å². The Morgan fingerprint density at radius 2 is 2.07 bits per heavy atom. The SMILES string of the molecule is CN1CCN(c2ccc(F)cc2C(=O)NCC2CN3CCCC3CO2)CC1. The van der Waals surface area contributed by atoms with Gasteiger partial charge in [-0.3, -0.25) is 9.69 Å². The Bertz CT molecular complexity index is 678. The zero-order valence-corrected chi connectivity index (χ0v) is 16.0. The highest BCUT2D eigenvalue weighted by atomic mass is 19.1. The second kappa shape index (κ2) is 8.12. The molecule has 0 aromatic heterocycles. The monoisotopic (exact) mass is 376 g/mol. The van der Waals surface area contributed by atoms with Crippen LogP contribution in [-0.2, 0) is 4.74 Å². The molecule has 148 valence electrons. The van der Waals surface area contributed by atoms with Crippen LogP contribution >= 0.6 is 0 Å². The molecule has 0 spiro atoms. The predicted molar refractivity (Wildman–Crippen MR) is 103 cm³/mol. The summed E-state index contributed by atoms with van der Waals surface area (Å²) in [5.41, 5.74) is 1.22. The molecule has 2 unspecified atom stereocenters. The molecule has 7 heteroatoms. The molecular weight excluding hydrogens is 347 g/mol. The minimum absolute atomic E-state index is 0.00365. The van der Waals surface area contributed by atoms with Crippen LogP contribution in [0.2, 0.25) is 0 Å². The number of fused-ring (bicyclic) bond motifs is 1. The van der Waals surface area contributed by atoms with Crippen LogP contribution in [0.15, 0.2) is 18.2 Å². The quantitative estimate of drug-likeness (QED) is 0.855. The summed E-state index contributed by atoms with van der Waals surface area (Å²) < 4.78 is 19.8. The fourth-order valence-electron chi connectivity index (χ4n) is 4.32. The molecule has 3 aliphatic heterocycles. The summed E-state index contributed by atoms with van der Waals surface area (Å²) in [5, 5.41) is 2.97. The number of carbonyl (C=O) groups excluding carboxylic acids is 1. The fraction of sp³-hybridized carbons (Fsp3) is 0.650. The first kappa shape index (κ1) is 18.7. The topological polar surface area (TPSA) is 48.0 Å². The van der Waals surface area contributed by atoms with E-state index in [1.165, 1.54) is 25.0 Å². The third kappa shape index (κ3) is 4.25. The predicted octanol–water partition coefficient (Wildman–Crippen LogP) is 1.17. The third-order valence-corrected chi connectivity index (χ3v) is 6.00. The van der Waals surface area contributed by atoms with Crippen molar-refractivity contribution in [3.8, 4) is 0 Å². The van der Waals surface area contributed by atoms with Crippen molar-refractivity contribution in [3.63, 3.8) is 0 Å². The first-order valence-electron chi connectivity index (χ1n) is 9.97. The van der Waals surface area contributed by atoms with Gasteiger partial charge in [-0.05, 0) is 44.6 Å². The van der Waals surface area contributed by atoms with E-state index in [9.17, 15) is 9.18 Å². The lowest BCUT2D eigenvalue weighted by atomic mass is 10.1. The van der Waals surface area contributed by atoms with E-state index in [0.29, 0.717) is 18.2 Å². The van der Waals surface area contributed by atoms with Gasteiger partial charge in [-0.25, -0.2) is 4.39 Å². The zero-order chi connectivity index (χ0) is 18.8. The average Bonchev–Trinajstić information content (AvgIpc) is 3.14. The van der Waals surface area contributed by atoms with Crippen LogP contribution in [0, 0.1) is 5.82 Å². The number of piperazine rings is 1. The molecule has 4 rings (SSSR count). The molecule has 27 heavy (non-hydrogen) atoms.